The smallest absolute Gasteiger partial charge is 0.328 e. The van der Waals surface area contributed by atoms with Gasteiger partial charge in [0.2, 0.25) is 0 Å². The normalized spacial score (nSPS) is 11.4. The highest BCUT2D eigenvalue weighted by Gasteiger charge is 2.08. The van der Waals surface area contributed by atoms with E-state index in [1.807, 2.05) is 13.8 Å². The van der Waals surface area contributed by atoms with Gasteiger partial charge < -0.3 is 9.84 Å². The summed E-state index contributed by atoms with van der Waals surface area (Å²) in [6.07, 6.45) is 2.45. The summed E-state index contributed by atoms with van der Waals surface area (Å²) in [5.41, 5.74) is 1.49. The summed E-state index contributed by atoms with van der Waals surface area (Å²) in [6.45, 7) is 7.57. The minimum atomic E-state index is -1.05. The molecule has 0 aliphatic carbocycles. The molecule has 0 heterocycles. The number of ether oxygens (including phenoxy) is 1. The molecule has 0 aliphatic rings. The SMILES string of the molecule is CCOCCN(CC)Cc1ccc(F)cc1C=CC(=O)O. The van der Waals surface area contributed by atoms with Crippen LogP contribution < -0.4 is 0 Å². The molecular weight excluding hydrogens is 273 g/mol. The maximum Gasteiger partial charge on any atom is 0.328 e. The molecule has 1 N–H and O–H groups in total. The minimum Gasteiger partial charge on any atom is -0.478 e. The Morgan fingerprint density at radius 3 is 2.81 bits per heavy atom. The van der Waals surface area contributed by atoms with Gasteiger partial charge in [-0.05, 0) is 42.8 Å². The van der Waals surface area contributed by atoms with Crippen molar-refractivity contribution >= 4 is 12.0 Å². The Hall–Kier alpha value is -1.72. The van der Waals surface area contributed by atoms with E-state index in [0.717, 1.165) is 24.7 Å². The third-order valence-corrected chi connectivity index (χ3v) is 3.11. The van der Waals surface area contributed by atoms with Gasteiger partial charge >= 0.3 is 5.97 Å². The van der Waals surface area contributed by atoms with Crippen molar-refractivity contribution in [2.24, 2.45) is 0 Å². The van der Waals surface area contributed by atoms with Gasteiger partial charge in [0.05, 0.1) is 6.61 Å². The van der Waals surface area contributed by atoms with E-state index in [4.69, 9.17) is 9.84 Å². The van der Waals surface area contributed by atoms with Crippen LogP contribution in [-0.4, -0.2) is 42.3 Å². The molecule has 0 bridgehead atoms. The third-order valence-electron chi connectivity index (χ3n) is 3.11. The zero-order chi connectivity index (χ0) is 15.7. The van der Waals surface area contributed by atoms with Crippen molar-refractivity contribution in [3.8, 4) is 0 Å². The molecule has 0 unspecified atom stereocenters. The largest absolute Gasteiger partial charge is 0.478 e. The molecule has 4 nitrogen and oxygen atoms in total. The van der Waals surface area contributed by atoms with Gasteiger partial charge in [0.25, 0.3) is 0 Å². The Morgan fingerprint density at radius 2 is 2.19 bits per heavy atom. The van der Waals surface area contributed by atoms with Crippen LogP contribution >= 0.6 is 0 Å². The predicted octanol–water partition coefficient (Wildman–Crippen LogP) is 2.78. The molecule has 0 spiro atoms. The lowest BCUT2D eigenvalue weighted by Gasteiger charge is -2.21. The number of aliphatic carboxylic acids is 1. The molecule has 0 saturated heterocycles. The Morgan fingerprint density at radius 1 is 1.43 bits per heavy atom. The summed E-state index contributed by atoms with van der Waals surface area (Å²) in [7, 11) is 0. The van der Waals surface area contributed by atoms with Gasteiger partial charge in [-0.2, -0.15) is 0 Å². The van der Waals surface area contributed by atoms with Crippen LogP contribution in [0.3, 0.4) is 0 Å². The molecule has 0 atom stereocenters. The fraction of sp³-hybridized carbons (Fsp3) is 0.438. The van der Waals surface area contributed by atoms with E-state index in [-0.39, 0.29) is 5.82 Å². The van der Waals surface area contributed by atoms with Crippen molar-refractivity contribution in [3.63, 3.8) is 0 Å². The molecule has 0 saturated carbocycles. The number of hydrogen-bond donors (Lipinski definition) is 1. The highest BCUT2D eigenvalue weighted by atomic mass is 19.1. The van der Waals surface area contributed by atoms with Crippen LogP contribution in [0, 0.1) is 5.82 Å². The fourth-order valence-electron chi connectivity index (χ4n) is 1.95. The first-order valence-electron chi connectivity index (χ1n) is 7.06. The molecule has 1 aromatic rings. The van der Waals surface area contributed by atoms with Gasteiger partial charge in [-0.25, -0.2) is 9.18 Å². The molecule has 0 radical (unpaired) electrons. The van der Waals surface area contributed by atoms with Crippen molar-refractivity contribution in [1.29, 1.82) is 0 Å². The number of carbonyl (C=O) groups is 1. The number of hydrogen-bond acceptors (Lipinski definition) is 3. The molecule has 5 heteroatoms. The molecule has 0 aromatic heterocycles. The Kier molecular flexibility index (Phi) is 7.64. The van der Waals surface area contributed by atoms with E-state index in [1.165, 1.54) is 18.2 Å². The number of nitrogens with zero attached hydrogens (tertiary/aromatic N) is 1. The number of carboxylic acids is 1. The lowest BCUT2D eigenvalue weighted by molar-refractivity contribution is -0.131. The van der Waals surface area contributed by atoms with E-state index in [2.05, 4.69) is 4.90 Å². The lowest BCUT2D eigenvalue weighted by atomic mass is 10.1. The first kappa shape index (κ1) is 17.3. The van der Waals surface area contributed by atoms with Crippen LogP contribution in [0.2, 0.25) is 0 Å². The van der Waals surface area contributed by atoms with E-state index < -0.39 is 5.97 Å². The van der Waals surface area contributed by atoms with Gasteiger partial charge in [-0.15, -0.1) is 0 Å². The lowest BCUT2D eigenvalue weighted by Crippen LogP contribution is -2.27. The fourth-order valence-corrected chi connectivity index (χ4v) is 1.95. The van der Waals surface area contributed by atoms with E-state index in [0.29, 0.717) is 25.3 Å². The summed E-state index contributed by atoms with van der Waals surface area (Å²) in [6, 6.07) is 4.44. The topological polar surface area (TPSA) is 49.8 Å². The van der Waals surface area contributed by atoms with Crippen LogP contribution in [-0.2, 0) is 16.1 Å². The molecule has 1 rings (SSSR count). The summed E-state index contributed by atoms with van der Waals surface area (Å²) in [4.78, 5) is 12.8. The molecule has 0 amide bonds. The van der Waals surface area contributed by atoms with Crippen molar-refractivity contribution in [2.45, 2.75) is 20.4 Å². The van der Waals surface area contributed by atoms with E-state index in [1.54, 1.807) is 6.07 Å². The van der Waals surface area contributed by atoms with Gasteiger partial charge in [-0.3, -0.25) is 4.90 Å². The highest BCUT2D eigenvalue weighted by Crippen LogP contribution is 2.15. The number of carboxylic acid groups (broad SMARTS) is 1. The maximum atomic E-state index is 13.3. The molecule has 0 fully saturated rings. The van der Waals surface area contributed by atoms with Crippen molar-refractivity contribution < 1.29 is 19.0 Å². The van der Waals surface area contributed by atoms with Gasteiger partial charge in [-0.1, -0.05) is 13.0 Å². The van der Waals surface area contributed by atoms with Gasteiger partial charge in [0, 0.05) is 25.8 Å². The first-order chi connectivity index (χ1) is 10.1. The van der Waals surface area contributed by atoms with Crippen LogP contribution in [0.1, 0.15) is 25.0 Å². The zero-order valence-corrected chi connectivity index (χ0v) is 12.5. The Balaban J connectivity index is 2.82. The summed E-state index contributed by atoms with van der Waals surface area (Å²) < 4.78 is 18.7. The Labute approximate surface area is 124 Å². The number of likely N-dealkylation sites (N-methyl/N-ethyl adjacent to an activating group) is 1. The standard InChI is InChI=1S/C16H22FNO3/c1-3-18(9-10-21-4-2)12-14-5-7-15(17)11-13(14)6-8-16(19)20/h5-8,11H,3-4,9-10,12H2,1-2H3,(H,19,20). The number of rotatable bonds is 9. The van der Waals surface area contributed by atoms with Gasteiger partial charge in [0.15, 0.2) is 0 Å². The van der Waals surface area contributed by atoms with Crippen molar-refractivity contribution in [3.05, 3.63) is 41.2 Å². The van der Waals surface area contributed by atoms with Crippen LogP contribution in [0.4, 0.5) is 4.39 Å². The third kappa shape index (κ3) is 6.51. The summed E-state index contributed by atoms with van der Waals surface area (Å²) in [5.74, 6) is -1.42. The first-order valence-corrected chi connectivity index (χ1v) is 7.06. The van der Waals surface area contributed by atoms with Gasteiger partial charge in [0.1, 0.15) is 5.82 Å². The summed E-state index contributed by atoms with van der Waals surface area (Å²) >= 11 is 0. The predicted molar refractivity (Wildman–Crippen MR) is 80.5 cm³/mol. The number of benzene rings is 1. The second kappa shape index (κ2) is 9.26. The highest BCUT2D eigenvalue weighted by molar-refractivity contribution is 5.85. The summed E-state index contributed by atoms with van der Waals surface area (Å²) in [5, 5.41) is 8.70. The molecular formula is C16H22FNO3. The molecule has 21 heavy (non-hydrogen) atoms. The van der Waals surface area contributed by atoms with Crippen LogP contribution in [0.25, 0.3) is 6.08 Å². The van der Waals surface area contributed by atoms with E-state index >= 15 is 0 Å². The molecule has 116 valence electrons. The average Bonchev–Trinajstić information content (AvgIpc) is 2.46. The Bertz CT molecular complexity index is 488. The van der Waals surface area contributed by atoms with Crippen LogP contribution in [0.5, 0.6) is 0 Å². The second-order valence-electron chi connectivity index (χ2n) is 4.58. The average molecular weight is 295 g/mol. The monoisotopic (exact) mass is 295 g/mol. The molecule has 1 aromatic carbocycles. The maximum absolute atomic E-state index is 13.3. The second-order valence-corrected chi connectivity index (χ2v) is 4.58. The zero-order valence-electron chi connectivity index (χ0n) is 12.5. The molecule has 0 aliphatic heterocycles. The van der Waals surface area contributed by atoms with E-state index in [9.17, 15) is 9.18 Å². The van der Waals surface area contributed by atoms with Crippen molar-refractivity contribution in [2.75, 3.05) is 26.3 Å². The van der Waals surface area contributed by atoms with Crippen molar-refractivity contribution in [1.82, 2.24) is 4.90 Å². The minimum absolute atomic E-state index is 0.374. The van der Waals surface area contributed by atoms with Crippen LogP contribution in [0.15, 0.2) is 24.3 Å². The number of halogens is 1. The quantitative estimate of drug-likeness (QED) is 0.562.